The van der Waals surface area contributed by atoms with Crippen LogP contribution in [0.1, 0.15) is 12.6 Å². The summed E-state index contributed by atoms with van der Waals surface area (Å²) in [5.41, 5.74) is 7.38. The second-order valence-electron chi connectivity index (χ2n) is 3.27. The van der Waals surface area contributed by atoms with Gasteiger partial charge in [-0.05, 0) is 19.1 Å². The molecule has 0 amide bonds. The highest BCUT2D eigenvalue weighted by Crippen LogP contribution is 2.25. The molecule has 0 saturated carbocycles. The predicted octanol–water partition coefficient (Wildman–Crippen LogP) is 2.09. The largest absolute Gasteiger partial charge is 0.493 e. The molecular formula is C12H14N2O. The minimum atomic E-state index is 0.435. The Morgan fingerprint density at radius 1 is 1.33 bits per heavy atom. The summed E-state index contributed by atoms with van der Waals surface area (Å²) in [6.45, 7) is 3.06. The van der Waals surface area contributed by atoms with E-state index >= 15 is 0 Å². The number of aromatic nitrogens is 1. The third-order valence-electron chi connectivity index (χ3n) is 2.24. The molecule has 2 N–H and O–H groups in total. The predicted molar refractivity (Wildman–Crippen MR) is 60.8 cm³/mol. The van der Waals surface area contributed by atoms with Crippen LogP contribution in [-0.4, -0.2) is 11.6 Å². The Hall–Kier alpha value is -1.61. The van der Waals surface area contributed by atoms with Gasteiger partial charge in [0, 0.05) is 18.0 Å². The smallest absolute Gasteiger partial charge is 0.130 e. The number of nitrogens with two attached hydrogens (primary N) is 1. The van der Waals surface area contributed by atoms with Gasteiger partial charge in [0.2, 0.25) is 0 Å². The van der Waals surface area contributed by atoms with Gasteiger partial charge < -0.3 is 10.5 Å². The summed E-state index contributed by atoms with van der Waals surface area (Å²) < 4.78 is 5.57. The Kier molecular flexibility index (Phi) is 2.83. The number of fused-ring (bicyclic) bond motifs is 1. The zero-order chi connectivity index (χ0) is 10.7. The number of benzene rings is 1. The first-order chi connectivity index (χ1) is 7.35. The van der Waals surface area contributed by atoms with Crippen LogP contribution in [-0.2, 0) is 6.54 Å². The fraction of sp³-hybridized carbons (Fsp3) is 0.250. The highest BCUT2D eigenvalue weighted by molar-refractivity contribution is 5.85. The van der Waals surface area contributed by atoms with E-state index in [0.29, 0.717) is 13.2 Å². The summed E-state index contributed by atoms with van der Waals surface area (Å²) in [5.74, 6) is 0.864. The van der Waals surface area contributed by atoms with Gasteiger partial charge in [-0.25, -0.2) is 0 Å². The van der Waals surface area contributed by atoms with E-state index in [1.54, 1.807) is 0 Å². The molecular weight excluding hydrogens is 188 g/mol. The number of rotatable bonds is 3. The van der Waals surface area contributed by atoms with Gasteiger partial charge in [-0.3, -0.25) is 4.98 Å². The first kappa shape index (κ1) is 9.93. The molecule has 2 rings (SSSR count). The molecule has 3 heteroatoms. The van der Waals surface area contributed by atoms with Gasteiger partial charge in [0.15, 0.2) is 0 Å². The van der Waals surface area contributed by atoms with E-state index in [4.69, 9.17) is 10.5 Å². The van der Waals surface area contributed by atoms with Crippen molar-refractivity contribution in [1.29, 1.82) is 0 Å². The standard InChI is InChI=1S/C12H14N2O/c1-2-15-12-7-9(8-13)14-11-6-4-3-5-10(11)12/h3-7H,2,8,13H2,1H3. The van der Waals surface area contributed by atoms with E-state index in [2.05, 4.69) is 4.98 Å². The average Bonchev–Trinajstić information content (AvgIpc) is 2.29. The van der Waals surface area contributed by atoms with Gasteiger partial charge in [-0.1, -0.05) is 12.1 Å². The maximum Gasteiger partial charge on any atom is 0.130 e. The van der Waals surface area contributed by atoms with Crippen molar-refractivity contribution in [1.82, 2.24) is 4.98 Å². The van der Waals surface area contributed by atoms with Crippen molar-refractivity contribution in [3.05, 3.63) is 36.0 Å². The van der Waals surface area contributed by atoms with E-state index in [1.807, 2.05) is 37.3 Å². The van der Waals surface area contributed by atoms with Gasteiger partial charge in [-0.2, -0.15) is 0 Å². The third-order valence-corrected chi connectivity index (χ3v) is 2.24. The lowest BCUT2D eigenvalue weighted by Gasteiger charge is -2.08. The lowest BCUT2D eigenvalue weighted by molar-refractivity contribution is 0.343. The van der Waals surface area contributed by atoms with Crippen molar-refractivity contribution < 1.29 is 4.74 Å². The highest BCUT2D eigenvalue weighted by atomic mass is 16.5. The van der Waals surface area contributed by atoms with Crippen LogP contribution in [0.3, 0.4) is 0 Å². The topological polar surface area (TPSA) is 48.1 Å². The molecule has 2 aromatic rings. The quantitative estimate of drug-likeness (QED) is 0.829. The van der Waals surface area contributed by atoms with E-state index < -0.39 is 0 Å². The normalized spacial score (nSPS) is 10.5. The van der Waals surface area contributed by atoms with E-state index in [0.717, 1.165) is 22.3 Å². The zero-order valence-electron chi connectivity index (χ0n) is 8.73. The molecule has 1 heterocycles. The maximum atomic E-state index is 5.59. The van der Waals surface area contributed by atoms with E-state index in [9.17, 15) is 0 Å². The number of ether oxygens (including phenoxy) is 1. The van der Waals surface area contributed by atoms with Gasteiger partial charge in [0.1, 0.15) is 5.75 Å². The molecule has 0 atom stereocenters. The zero-order valence-corrected chi connectivity index (χ0v) is 8.73. The van der Waals surface area contributed by atoms with Crippen molar-refractivity contribution in [3.8, 4) is 5.75 Å². The van der Waals surface area contributed by atoms with Crippen LogP contribution >= 0.6 is 0 Å². The first-order valence-electron chi connectivity index (χ1n) is 5.06. The summed E-state index contributed by atoms with van der Waals surface area (Å²) >= 11 is 0. The summed E-state index contributed by atoms with van der Waals surface area (Å²) in [6.07, 6.45) is 0. The molecule has 1 aromatic carbocycles. The van der Waals surface area contributed by atoms with Crippen LogP contribution in [0.5, 0.6) is 5.75 Å². The van der Waals surface area contributed by atoms with Gasteiger partial charge in [0.25, 0.3) is 0 Å². The summed E-state index contributed by atoms with van der Waals surface area (Å²) in [5, 5.41) is 1.04. The molecule has 0 unspecified atom stereocenters. The molecule has 0 radical (unpaired) electrons. The van der Waals surface area contributed by atoms with E-state index in [1.165, 1.54) is 0 Å². The second-order valence-corrected chi connectivity index (χ2v) is 3.27. The molecule has 0 bridgehead atoms. The Morgan fingerprint density at radius 3 is 2.87 bits per heavy atom. The molecule has 15 heavy (non-hydrogen) atoms. The molecule has 0 aliphatic carbocycles. The van der Waals surface area contributed by atoms with Crippen molar-refractivity contribution >= 4 is 10.9 Å². The van der Waals surface area contributed by atoms with Crippen LogP contribution in [0, 0.1) is 0 Å². The van der Waals surface area contributed by atoms with Crippen molar-refractivity contribution in [2.24, 2.45) is 5.73 Å². The second kappa shape index (κ2) is 4.28. The van der Waals surface area contributed by atoms with Crippen molar-refractivity contribution in [2.45, 2.75) is 13.5 Å². The molecule has 0 fully saturated rings. The third kappa shape index (κ3) is 1.92. The fourth-order valence-corrected chi connectivity index (χ4v) is 1.58. The number of pyridine rings is 1. The van der Waals surface area contributed by atoms with E-state index in [-0.39, 0.29) is 0 Å². The van der Waals surface area contributed by atoms with Crippen LogP contribution in [0.25, 0.3) is 10.9 Å². The molecule has 78 valence electrons. The van der Waals surface area contributed by atoms with Crippen LogP contribution < -0.4 is 10.5 Å². The number of hydrogen-bond acceptors (Lipinski definition) is 3. The first-order valence-corrected chi connectivity index (χ1v) is 5.06. The summed E-state index contributed by atoms with van der Waals surface area (Å²) in [4.78, 5) is 4.43. The number of nitrogens with zero attached hydrogens (tertiary/aromatic N) is 1. The Morgan fingerprint density at radius 2 is 2.13 bits per heavy atom. The molecule has 1 aromatic heterocycles. The summed E-state index contributed by atoms with van der Waals surface area (Å²) in [7, 11) is 0. The van der Waals surface area contributed by atoms with Crippen LogP contribution in [0.2, 0.25) is 0 Å². The van der Waals surface area contributed by atoms with Crippen molar-refractivity contribution in [2.75, 3.05) is 6.61 Å². The number of hydrogen-bond donors (Lipinski definition) is 1. The molecule has 0 aliphatic rings. The SMILES string of the molecule is CCOc1cc(CN)nc2ccccc12. The highest BCUT2D eigenvalue weighted by Gasteiger charge is 2.04. The van der Waals surface area contributed by atoms with Crippen molar-refractivity contribution in [3.63, 3.8) is 0 Å². The molecule has 0 aliphatic heterocycles. The van der Waals surface area contributed by atoms with Crippen LogP contribution in [0.15, 0.2) is 30.3 Å². The Balaban J connectivity index is 2.63. The van der Waals surface area contributed by atoms with Gasteiger partial charge >= 0.3 is 0 Å². The summed E-state index contributed by atoms with van der Waals surface area (Å²) in [6, 6.07) is 9.83. The minimum Gasteiger partial charge on any atom is -0.493 e. The van der Waals surface area contributed by atoms with Crippen LogP contribution in [0.4, 0.5) is 0 Å². The van der Waals surface area contributed by atoms with Gasteiger partial charge in [0.05, 0.1) is 17.8 Å². The molecule has 0 saturated heterocycles. The molecule has 0 spiro atoms. The minimum absolute atomic E-state index is 0.435. The Bertz CT molecular complexity index is 468. The lowest BCUT2D eigenvalue weighted by atomic mass is 10.2. The average molecular weight is 202 g/mol. The fourth-order valence-electron chi connectivity index (χ4n) is 1.58. The molecule has 3 nitrogen and oxygen atoms in total. The Labute approximate surface area is 88.9 Å². The maximum absolute atomic E-state index is 5.59. The monoisotopic (exact) mass is 202 g/mol. The number of para-hydroxylation sites is 1. The van der Waals surface area contributed by atoms with Gasteiger partial charge in [-0.15, -0.1) is 0 Å². The lowest BCUT2D eigenvalue weighted by Crippen LogP contribution is -2.02.